The first kappa shape index (κ1) is 11.4. The number of nitrogens with zero attached hydrogens (tertiary/aromatic N) is 2. The van der Waals surface area contributed by atoms with Gasteiger partial charge in [0.1, 0.15) is 6.33 Å². The van der Waals surface area contributed by atoms with Gasteiger partial charge in [-0.15, -0.1) is 11.6 Å². The lowest BCUT2D eigenvalue weighted by atomic mass is 10.5. The molecule has 1 rings (SSSR count). The molecule has 0 saturated heterocycles. The van der Waals surface area contributed by atoms with Crippen LogP contribution in [0.5, 0.6) is 0 Å². The van der Waals surface area contributed by atoms with Crippen molar-refractivity contribution in [1.82, 2.24) is 9.97 Å². The predicted molar refractivity (Wildman–Crippen MR) is 54.1 cm³/mol. The lowest BCUT2D eigenvalue weighted by Gasteiger charge is -2.08. The summed E-state index contributed by atoms with van der Waals surface area (Å²) in [4.78, 5) is 7.55. The van der Waals surface area contributed by atoms with Gasteiger partial charge >= 0.3 is 0 Å². The smallest absolute Gasteiger partial charge is 0.199 e. The average Bonchev–Trinajstić information content (AvgIpc) is 2.16. The molecule has 78 valence electrons. The zero-order valence-electron chi connectivity index (χ0n) is 7.94. The molecule has 0 fully saturated rings. The monoisotopic (exact) mass is 234 g/mol. The van der Waals surface area contributed by atoms with Crippen molar-refractivity contribution >= 4 is 21.4 Å². The van der Waals surface area contributed by atoms with Gasteiger partial charge in [0.25, 0.3) is 0 Å². The standard InChI is InChI=1S/C8H11ClN2O2S/c1-6-3-8(11-5-10-6)14(12,13)7(2)4-9/h3,5,7H,4H2,1-2H3. The number of hydrogen-bond acceptors (Lipinski definition) is 4. The van der Waals surface area contributed by atoms with Crippen molar-refractivity contribution in [3.63, 3.8) is 0 Å². The molecule has 0 bridgehead atoms. The molecular weight excluding hydrogens is 224 g/mol. The summed E-state index contributed by atoms with van der Waals surface area (Å²) in [6.07, 6.45) is 1.24. The van der Waals surface area contributed by atoms with Crippen LogP contribution in [0.25, 0.3) is 0 Å². The van der Waals surface area contributed by atoms with Crippen LogP contribution in [0.15, 0.2) is 17.4 Å². The molecule has 1 atom stereocenters. The van der Waals surface area contributed by atoms with Crippen molar-refractivity contribution in [2.45, 2.75) is 24.1 Å². The van der Waals surface area contributed by atoms with E-state index in [1.165, 1.54) is 12.4 Å². The summed E-state index contributed by atoms with van der Waals surface area (Å²) >= 11 is 5.50. The van der Waals surface area contributed by atoms with E-state index in [2.05, 4.69) is 9.97 Å². The van der Waals surface area contributed by atoms with Gasteiger partial charge < -0.3 is 0 Å². The highest BCUT2D eigenvalue weighted by atomic mass is 35.5. The van der Waals surface area contributed by atoms with Crippen molar-refractivity contribution in [1.29, 1.82) is 0 Å². The molecular formula is C8H11ClN2O2S. The molecule has 0 aliphatic heterocycles. The lowest BCUT2D eigenvalue weighted by molar-refractivity contribution is 0.583. The van der Waals surface area contributed by atoms with Gasteiger partial charge in [0, 0.05) is 11.6 Å². The van der Waals surface area contributed by atoms with Crippen LogP contribution in [0.4, 0.5) is 0 Å². The fourth-order valence-electron chi connectivity index (χ4n) is 0.875. The first-order valence-corrected chi connectivity index (χ1v) is 6.15. The number of hydrogen-bond donors (Lipinski definition) is 0. The molecule has 0 aliphatic carbocycles. The molecule has 0 saturated carbocycles. The fraction of sp³-hybridized carbons (Fsp3) is 0.500. The molecule has 4 nitrogen and oxygen atoms in total. The first-order valence-electron chi connectivity index (χ1n) is 4.07. The van der Waals surface area contributed by atoms with Gasteiger partial charge in [-0.25, -0.2) is 18.4 Å². The fourth-order valence-corrected chi connectivity index (χ4v) is 2.48. The molecule has 0 N–H and O–H groups in total. The molecule has 0 spiro atoms. The van der Waals surface area contributed by atoms with Gasteiger partial charge in [-0.2, -0.15) is 0 Å². The number of alkyl halides is 1. The molecule has 14 heavy (non-hydrogen) atoms. The Morgan fingerprint density at radius 3 is 2.64 bits per heavy atom. The van der Waals surface area contributed by atoms with E-state index in [1.54, 1.807) is 13.8 Å². The maximum absolute atomic E-state index is 11.7. The van der Waals surface area contributed by atoms with Crippen molar-refractivity contribution in [3.05, 3.63) is 18.1 Å². The van der Waals surface area contributed by atoms with Gasteiger partial charge in [0.05, 0.1) is 5.25 Å². The highest BCUT2D eigenvalue weighted by Crippen LogP contribution is 2.14. The molecule has 1 heterocycles. The highest BCUT2D eigenvalue weighted by molar-refractivity contribution is 7.92. The lowest BCUT2D eigenvalue weighted by Crippen LogP contribution is -2.20. The summed E-state index contributed by atoms with van der Waals surface area (Å²) < 4.78 is 23.5. The Hall–Kier alpha value is -0.680. The van der Waals surface area contributed by atoms with Gasteiger partial charge in [-0.05, 0) is 19.9 Å². The van der Waals surface area contributed by atoms with Crippen LogP contribution >= 0.6 is 11.6 Å². The molecule has 1 aromatic heterocycles. The van der Waals surface area contributed by atoms with E-state index in [0.29, 0.717) is 5.69 Å². The van der Waals surface area contributed by atoms with E-state index in [1.807, 2.05) is 0 Å². The van der Waals surface area contributed by atoms with Crippen LogP contribution in [0.1, 0.15) is 12.6 Å². The van der Waals surface area contributed by atoms with Crippen LogP contribution < -0.4 is 0 Å². The molecule has 0 aromatic carbocycles. The summed E-state index contributed by atoms with van der Waals surface area (Å²) in [5.41, 5.74) is 0.625. The van der Waals surface area contributed by atoms with Gasteiger partial charge in [0.15, 0.2) is 14.9 Å². The van der Waals surface area contributed by atoms with Crippen LogP contribution in [-0.2, 0) is 9.84 Å². The molecule has 6 heteroatoms. The summed E-state index contributed by atoms with van der Waals surface area (Å²) in [7, 11) is -3.39. The van der Waals surface area contributed by atoms with Crippen molar-refractivity contribution in [2.24, 2.45) is 0 Å². The Morgan fingerprint density at radius 2 is 2.14 bits per heavy atom. The number of sulfone groups is 1. The van der Waals surface area contributed by atoms with E-state index in [0.717, 1.165) is 0 Å². The third kappa shape index (κ3) is 2.22. The minimum Gasteiger partial charge on any atom is -0.242 e. The Kier molecular flexibility index (Phi) is 3.44. The van der Waals surface area contributed by atoms with Gasteiger partial charge in [-0.3, -0.25) is 0 Å². The Bertz CT molecular complexity index is 419. The van der Waals surface area contributed by atoms with E-state index < -0.39 is 15.1 Å². The second-order valence-electron chi connectivity index (χ2n) is 3.01. The Balaban J connectivity index is 3.17. The Labute approximate surface area is 88.3 Å². The van der Waals surface area contributed by atoms with E-state index in [9.17, 15) is 8.42 Å². The van der Waals surface area contributed by atoms with Crippen molar-refractivity contribution in [2.75, 3.05) is 5.88 Å². The van der Waals surface area contributed by atoms with Gasteiger partial charge in [-0.1, -0.05) is 0 Å². The highest BCUT2D eigenvalue weighted by Gasteiger charge is 2.23. The number of halogens is 1. The minimum absolute atomic E-state index is 0.0400. The molecule has 1 unspecified atom stereocenters. The first-order chi connectivity index (χ1) is 6.48. The van der Waals surface area contributed by atoms with Crippen LogP contribution in [0.2, 0.25) is 0 Å². The zero-order valence-corrected chi connectivity index (χ0v) is 9.51. The predicted octanol–water partition coefficient (Wildman–Crippen LogP) is 1.19. The summed E-state index contributed by atoms with van der Waals surface area (Å²) in [5, 5.41) is -0.586. The maximum atomic E-state index is 11.7. The number of aromatic nitrogens is 2. The third-order valence-electron chi connectivity index (χ3n) is 1.82. The average molecular weight is 235 g/mol. The minimum atomic E-state index is -3.39. The second-order valence-corrected chi connectivity index (χ2v) is 5.63. The van der Waals surface area contributed by atoms with E-state index >= 15 is 0 Å². The molecule has 0 aliphatic rings. The Morgan fingerprint density at radius 1 is 1.50 bits per heavy atom. The molecule has 1 aromatic rings. The SMILES string of the molecule is Cc1cc(S(=O)(=O)C(C)CCl)ncn1. The number of rotatable bonds is 3. The molecule has 0 radical (unpaired) electrons. The van der Waals surface area contributed by atoms with Crippen LogP contribution in [0.3, 0.4) is 0 Å². The molecule has 0 amide bonds. The second kappa shape index (κ2) is 4.23. The van der Waals surface area contributed by atoms with Crippen LogP contribution in [-0.4, -0.2) is 29.5 Å². The zero-order chi connectivity index (χ0) is 10.8. The summed E-state index contributed by atoms with van der Waals surface area (Å²) in [5.74, 6) is 0.0609. The quantitative estimate of drug-likeness (QED) is 0.582. The largest absolute Gasteiger partial charge is 0.242 e. The normalized spacial score (nSPS) is 13.9. The summed E-state index contributed by atoms with van der Waals surface area (Å²) in [6.45, 7) is 3.27. The maximum Gasteiger partial charge on any atom is 0.199 e. The summed E-state index contributed by atoms with van der Waals surface area (Å²) in [6, 6.07) is 1.44. The van der Waals surface area contributed by atoms with Crippen LogP contribution in [0, 0.1) is 6.92 Å². The number of aryl methyl sites for hydroxylation is 1. The topological polar surface area (TPSA) is 59.9 Å². The van der Waals surface area contributed by atoms with E-state index in [4.69, 9.17) is 11.6 Å². The van der Waals surface area contributed by atoms with Crippen molar-refractivity contribution < 1.29 is 8.42 Å². The van der Waals surface area contributed by atoms with E-state index in [-0.39, 0.29) is 10.9 Å². The third-order valence-corrected chi connectivity index (χ3v) is 4.50. The van der Waals surface area contributed by atoms with Gasteiger partial charge in [0.2, 0.25) is 0 Å². The van der Waals surface area contributed by atoms with Crippen molar-refractivity contribution in [3.8, 4) is 0 Å².